The molecule has 0 atom stereocenters. The number of carbonyl (C=O) groups is 1. The number of methoxy groups -OCH3 is 1. The Morgan fingerprint density at radius 3 is 2.67 bits per heavy atom. The predicted octanol–water partition coefficient (Wildman–Crippen LogP) is 3.93. The van der Waals surface area contributed by atoms with E-state index in [0.29, 0.717) is 0 Å². The van der Waals surface area contributed by atoms with Gasteiger partial charge in [0.25, 0.3) is 5.91 Å². The van der Waals surface area contributed by atoms with Crippen LogP contribution in [0.3, 0.4) is 0 Å². The number of aromatic nitrogens is 2. The molecule has 0 saturated carbocycles. The summed E-state index contributed by atoms with van der Waals surface area (Å²) >= 11 is 5.72. The summed E-state index contributed by atoms with van der Waals surface area (Å²) < 4.78 is 20.6. The lowest BCUT2D eigenvalue weighted by molar-refractivity contribution is 0.101. The van der Waals surface area contributed by atoms with E-state index in [1.807, 2.05) is 30.3 Å². The van der Waals surface area contributed by atoms with Crippen LogP contribution in [0.25, 0.3) is 5.69 Å². The molecule has 0 fully saturated rings. The largest absolute Gasteiger partial charge is 0.493 e. The molecule has 5 nitrogen and oxygen atoms in total. The Hall–Kier alpha value is -2.86. The van der Waals surface area contributed by atoms with Crippen LogP contribution in [0.2, 0.25) is 5.02 Å². The predicted molar refractivity (Wildman–Crippen MR) is 89.5 cm³/mol. The first-order valence-corrected chi connectivity index (χ1v) is 7.42. The van der Waals surface area contributed by atoms with Crippen LogP contribution < -0.4 is 10.1 Å². The molecule has 7 heteroatoms. The Balaban J connectivity index is 1.92. The molecule has 1 aromatic heterocycles. The molecule has 3 rings (SSSR count). The van der Waals surface area contributed by atoms with Gasteiger partial charge in [0.2, 0.25) is 0 Å². The highest BCUT2D eigenvalue weighted by atomic mass is 35.5. The molecule has 0 aliphatic carbocycles. The second-order valence-corrected chi connectivity index (χ2v) is 5.29. The fourth-order valence-electron chi connectivity index (χ4n) is 2.16. The Morgan fingerprint density at radius 2 is 1.96 bits per heavy atom. The number of rotatable bonds is 4. The van der Waals surface area contributed by atoms with Gasteiger partial charge < -0.3 is 10.1 Å². The number of benzene rings is 2. The lowest BCUT2D eigenvalue weighted by atomic mass is 10.3. The number of hydrogen-bond acceptors (Lipinski definition) is 3. The summed E-state index contributed by atoms with van der Waals surface area (Å²) in [5.41, 5.74) is 0.785. The van der Waals surface area contributed by atoms with E-state index in [0.717, 1.165) is 5.69 Å². The van der Waals surface area contributed by atoms with Gasteiger partial charge in [-0.05, 0) is 24.3 Å². The number of para-hydroxylation sites is 1. The van der Waals surface area contributed by atoms with E-state index in [-0.39, 0.29) is 22.2 Å². The molecule has 0 saturated heterocycles. The molecule has 2 aromatic carbocycles. The number of nitrogens with one attached hydrogen (secondary N) is 1. The molecule has 0 unspecified atom stereocenters. The van der Waals surface area contributed by atoms with E-state index >= 15 is 0 Å². The second-order valence-electron chi connectivity index (χ2n) is 4.88. The Labute approximate surface area is 142 Å². The first kappa shape index (κ1) is 16.0. The van der Waals surface area contributed by atoms with Gasteiger partial charge in [-0.2, -0.15) is 5.10 Å². The van der Waals surface area contributed by atoms with E-state index < -0.39 is 11.7 Å². The summed E-state index contributed by atoms with van der Waals surface area (Å²) in [6.07, 6.45) is 1.58. The number of amides is 1. The summed E-state index contributed by atoms with van der Waals surface area (Å²) in [6.45, 7) is 0. The number of nitrogens with zero attached hydrogens (tertiary/aromatic N) is 2. The van der Waals surface area contributed by atoms with Crippen molar-refractivity contribution < 1.29 is 13.9 Å². The van der Waals surface area contributed by atoms with Gasteiger partial charge in [-0.3, -0.25) is 4.79 Å². The van der Waals surface area contributed by atoms with E-state index in [1.54, 1.807) is 12.3 Å². The molecule has 0 aliphatic heterocycles. The third-order valence-corrected chi connectivity index (χ3v) is 3.63. The highest BCUT2D eigenvalue weighted by Crippen LogP contribution is 2.24. The first-order valence-electron chi connectivity index (χ1n) is 7.04. The summed E-state index contributed by atoms with van der Waals surface area (Å²) in [7, 11) is 1.43. The van der Waals surface area contributed by atoms with Gasteiger partial charge in [0.15, 0.2) is 17.3 Å². The molecule has 1 heterocycles. The molecule has 24 heavy (non-hydrogen) atoms. The van der Waals surface area contributed by atoms with Crippen LogP contribution in [0.15, 0.2) is 54.7 Å². The highest BCUT2D eigenvalue weighted by Gasteiger charge is 2.20. The Bertz CT molecular complexity index is 881. The molecule has 3 aromatic rings. The molecule has 0 radical (unpaired) electrons. The molecular formula is C17H13ClFN3O2. The van der Waals surface area contributed by atoms with Gasteiger partial charge in [0.05, 0.1) is 29.7 Å². The number of hydrogen-bond donors (Lipinski definition) is 1. The number of halogens is 2. The van der Waals surface area contributed by atoms with Crippen LogP contribution in [0, 0.1) is 5.82 Å². The van der Waals surface area contributed by atoms with Crippen molar-refractivity contribution in [2.75, 3.05) is 12.4 Å². The van der Waals surface area contributed by atoms with E-state index in [1.165, 1.54) is 23.9 Å². The maximum atomic E-state index is 13.9. The zero-order chi connectivity index (χ0) is 17.1. The average Bonchev–Trinajstić information content (AvgIpc) is 3.04. The third-order valence-electron chi connectivity index (χ3n) is 3.34. The average molecular weight is 346 g/mol. The van der Waals surface area contributed by atoms with Gasteiger partial charge in [-0.15, -0.1) is 0 Å². The first-order chi connectivity index (χ1) is 11.6. The Kier molecular flexibility index (Phi) is 4.48. The highest BCUT2D eigenvalue weighted by molar-refractivity contribution is 6.31. The summed E-state index contributed by atoms with van der Waals surface area (Å²) in [6, 6.07) is 13.6. The standard InChI is InChI=1S/C17H13ClFN3O2/c1-24-14-10-22(11-6-3-2-4-7-11)21-16(14)17(23)20-13-9-5-8-12(18)15(13)19/h2-10H,1H3,(H,20,23). The summed E-state index contributed by atoms with van der Waals surface area (Å²) in [5, 5.41) is 6.60. The van der Waals surface area contributed by atoms with E-state index in [2.05, 4.69) is 10.4 Å². The molecule has 122 valence electrons. The summed E-state index contributed by atoms with van der Waals surface area (Å²) in [4.78, 5) is 12.4. The van der Waals surface area contributed by atoms with Crippen LogP contribution >= 0.6 is 11.6 Å². The summed E-state index contributed by atoms with van der Waals surface area (Å²) in [5.74, 6) is -1.02. The molecule has 0 aliphatic rings. The van der Waals surface area contributed by atoms with Crippen molar-refractivity contribution in [2.45, 2.75) is 0 Å². The van der Waals surface area contributed by atoms with Crippen molar-refractivity contribution in [1.29, 1.82) is 0 Å². The topological polar surface area (TPSA) is 56.2 Å². The molecule has 1 N–H and O–H groups in total. The zero-order valence-electron chi connectivity index (χ0n) is 12.7. The lowest BCUT2D eigenvalue weighted by Crippen LogP contribution is -2.15. The van der Waals surface area contributed by atoms with Crippen LogP contribution in [0.5, 0.6) is 5.75 Å². The fourth-order valence-corrected chi connectivity index (χ4v) is 2.33. The van der Waals surface area contributed by atoms with Crippen molar-refractivity contribution in [3.05, 3.63) is 71.3 Å². The van der Waals surface area contributed by atoms with Crippen molar-refractivity contribution >= 4 is 23.2 Å². The normalized spacial score (nSPS) is 10.5. The third kappa shape index (κ3) is 3.09. The second kappa shape index (κ2) is 6.72. The number of carbonyl (C=O) groups excluding carboxylic acids is 1. The number of ether oxygens (including phenoxy) is 1. The van der Waals surface area contributed by atoms with Crippen molar-refractivity contribution in [3.63, 3.8) is 0 Å². The van der Waals surface area contributed by atoms with E-state index in [4.69, 9.17) is 16.3 Å². The lowest BCUT2D eigenvalue weighted by Gasteiger charge is -2.06. The number of anilines is 1. The maximum absolute atomic E-state index is 13.9. The smallest absolute Gasteiger partial charge is 0.280 e. The van der Waals surface area contributed by atoms with Crippen molar-refractivity contribution in [1.82, 2.24) is 9.78 Å². The van der Waals surface area contributed by atoms with Gasteiger partial charge in [-0.1, -0.05) is 35.9 Å². The van der Waals surface area contributed by atoms with Gasteiger partial charge in [-0.25, -0.2) is 9.07 Å². The molecule has 0 spiro atoms. The van der Waals surface area contributed by atoms with Gasteiger partial charge in [0, 0.05) is 0 Å². The minimum Gasteiger partial charge on any atom is -0.493 e. The van der Waals surface area contributed by atoms with Crippen LogP contribution in [-0.2, 0) is 0 Å². The molecule has 1 amide bonds. The minimum atomic E-state index is -0.700. The van der Waals surface area contributed by atoms with E-state index in [9.17, 15) is 9.18 Å². The monoisotopic (exact) mass is 345 g/mol. The van der Waals surface area contributed by atoms with Crippen LogP contribution in [-0.4, -0.2) is 22.8 Å². The minimum absolute atomic E-state index is 0.0242. The molecule has 0 bridgehead atoms. The quantitative estimate of drug-likeness (QED) is 0.779. The van der Waals surface area contributed by atoms with Gasteiger partial charge >= 0.3 is 0 Å². The van der Waals surface area contributed by atoms with Crippen LogP contribution in [0.1, 0.15) is 10.5 Å². The molecular weight excluding hydrogens is 333 g/mol. The maximum Gasteiger partial charge on any atom is 0.280 e. The van der Waals surface area contributed by atoms with Crippen molar-refractivity contribution in [3.8, 4) is 11.4 Å². The fraction of sp³-hybridized carbons (Fsp3) is 0.0588. The zero-order valence-corrected chi connectivity index (χ0v) is 13.4. The van der Waals surface area contributed by atoms with Gasteiger partial charge in [0.1, 0.15) is 0 Å². The van der Waals surface area contributed by atoms with Crippen LogP contribution in [0.4, 0.5) is 10.1 Å². The van der Waals surface area contributed by atoms with Crippen molar-refractivity contribution in [2.24, 2.45) is 0 Å². The SMILES string of the molecule is COc1cn(-c2ccccc2)nc1C(=O)Nc1cccc(Cl)c1F. The Morgan fingerprint density at radius 1 is 1.21 bits per heavy atom.